The number of hydrogen-bond donors (Lipinski definition) is 0. The second kappa shape index (κ2) is 5.79. The first kappa shape index (κ1) is 15.1. The first-order valence-electron chi connectivity index (χ1n) is 6.80. The van der Waals surface area contributed by atoms with Crippen LogP contribution in [0.1, 0.15) is 15.9 Å². The van der Waals surface area contributed by atoms with E-state index in [-0.39, 0.29) is 5.56 Å². The van der Waals surface area contributed by atoms with Gasteiger partial charge in [0.15, 0.2) is 0 Å². The molecule has 0 N–H and O–H groups in total. The van der Waals surface area contributed by atoms with Gasteiger partial charge in [-0.25, -0.2) is 4.79 Å². The van der Waals surface area contributed by atoms with Crippen molar-refractivity contribution in [3.8, 4) is 5.75 Å². The summed E-state index contributed by atoms with van der Waals surface area (Å²) in [4.78, 5) is 12.1. The fourth-order valence-electron chi connectivity index (χ4n) is 2.22. The zero-order valence-electron chi connectivity index (χ0n) is 11.8. The van der Waals surface area contributed by atoms with Gasteiger partial charge in [0.1, 0.15) is 5.75 Å². The van der Waals surface area contributed by atoms with Crippen LogP contribution in [0, 0.1) is 0 Å². The van der Waals surface area contributed by atoms with Gasteiger partial charge in [-0.2, -0.15) is 13.2 Å². The Labute approximate surface area is 129 Å². The third kappa shape index (κ3) is 3.21. The second-order valence-corrected chi connectivity index (χ2v) is 4.92. The third-order valence-electron chi connectivity index (χ3n) is 3.39. The van der Waals surface area contributed by atoms with Crippen molar-refractivity contribution in [1.29, 1.82) is 0 Å². The number of carbonyl (C=O) groups excluding carboxylic acids is 1. The van der Waals surface area contributed by atoms with E-state index in [0.717, 1.165) is 29.5 Å². The molecule has 117 valence electrons. The van der Waals surface area contributed by atoms with E-state index in [0.29, 0.717) is 17.5 Å². The zero-order chi connectivity index (χ0) is 16.4. The Bertz CT molecular complexity index is 855. The SMILES string of the molecule is O=C(Oc1cccc2c1=C[N]CC=2)c1ccc(C(F)(F)F)cc1. The maximum Gasteiger partial charge on any atom is 0.416 e. The number of carbonyl (C=O) groups is 1. The molecule has 1 aliphatic heterocycles. The van der Waals surface area contributed by atoms with Crippen LogP contribution in [0.25, 0.3) is 12.3 Å². The van der Waals surface area contributed by atoms with Crippen molar-refractivity contribution < 1.29 is 22.7 Å². The molecule has 1 aliphatic rings. The predicted octanol–water partition coefficient (Wildman–Crippen LogP) is 2.06. The van der Waals surface area contributed by atoms with E-state index >= 15 is 0 Å². The maximum absolute atomic E-state index is 12.5. The molecule has 2 aromatic carbocycles. The average Bonchev–Trinajstić information content (AvgIpc) is 2.54. The molecule has 0 aromatic heterocycles. The molecule has 0 spiro atoms. The maximum atomic E-state index is 12.5. The molecule has 1 heterocycles. The molecule has 0 saturated heterocycles. The highest BCUT2D eigenvalue weighted by molar-refractivity contribution is 5.91. The fourth-order valence-corrected chi connectivity index (χ4v) is 2.22. The van der Waals surface area contributed by atoms with Crippen molar-refractivity contribution in [2.75, 3.05) is 6.54 Å². The van der Waals surface area contributed by atoms with Crippen molar-refractivity contribution in [3.05, 3.63) is 64.0 Å². The minimum atomic E-state index is -4.44. The van der Waals surface area contributed by atoms with Gasteiger partial charge in [0.2, 0.25) is 0 Å². The first-order valence-corrected chi connectivity index (χ1v) is 6.80. The van der Waals surface area contributed by atoms with Crippen molar-refractivity contribution in [2.45, 2.75) is 6.18 Å². The van der Waals surface area contributed by atoms with Gasteiger partial charge >= 0.3 is 12.1 Å². The van der Waals surface area contributed by atoms with E-state index in [1.54, 1.807) is 18.3 Å². The lowest BCUT2D eigenvalue weighted by Gasteiger charge is -2.09. The number of fused-ring (bicyclic) bond motifs is 1. The Morgan fingerprint density at radius 2 is 1.83 bits per heavy atom. The van der Waals surface area contributed by atoms with Gasteiger partial charge in [0, 0.05) is 11.4 Å². The molecule has 1 radical (unpaired) electrons. The number of ether oxygens (including phenoxy) is 1. The molecule has 0 atom stereocenters. The normalized spacial score (nSPS) is 13.2. The molecule has 0 bridgehead atoms. The molecule has 0 amide bonds. The van der Waals surface area contributed by atoms with Crippen molar-refractivity contribution in [1.82, 2.24) is 5.32 Å². The molecule has 23 heavy (non-hydrogen) atoms. The number of alkyl halides is 3. The number of nitrogens with zero attached hydrogens (tertiary/aromatic N) is 1. The largest absolute Gasteiger partial charge is 0.422 e. The summed E-state index contributed by atoms with van der Waals surface area (Å²) in [5.74, 6) is -0.391. The monoisotopic (exact) mass is 318 g/mol. The molecular weight excluding hydrogens is 307 g/mol. The van der Waals surface area contributed by atoms with Gasteiger partial charge in [-0.15, -0.1) is 0 Å². The van der Waals surface area contributed by atoms with Crippen LogP contribution in [0.5, 0.6) is 5.75 Å². The Morgan fingerprint density at radius 1 is 1.09 bits per heavy atom. The minimum Gasteiger partial charge on any atom is -0.422 e. The Hall–Kier alpha value is -2.76. The lowest BCUT2D eigenvalue weighted by atomic mass is 10.1. The molecule has 6 heteroatoms. The summed E-state index contributed by atoms with van der Waals surface area (Å²) in [5, 5.41) is 5.68. The van der Waals surface area contributed by atoms with E-state index in [1.807, 2.05) is 12.1 Å². The van der Waals surface area contributed by atoms with Gasteiger partial charge in [-0.3, -0.25) is 5.32 Å². The molecular formula is C17H11F3NO2. The predicted molar refractivity (Wildman–Crippen MR) is 78.0 cm³/mol. The average molecular weight is 318 g/mol. The molecule has 3 rings (SSSR count). The van der Waals surface area contributed by atoms with Crippen LogP contribution >= 0.6 is 0 Å². The molecule has 0 saturated carbocycles. The summed E-state index contributed by atoms with van der Waals surface area (Å²) in [5.41, 5.74) is -0.764. The molecule has 0 unspecified atom stereocenters. The standard InChI is InChI=1S/C17H11F3NO2/c18-17(19,20)13-6-4-12(5-7-13)16(22)23-15-3-1-2-11-8-9-21-10-14(11)15/h1-8,10H,9H2. The summed E-state index contributed by atoms with van der Waals surface area (Å²) in [6.07, 6.45) is -0.928. The van der Waals surface area contributed by atoms with Crippen molar-refractivity contribution in [3.63, 3.8) is 0 Å². The van der Waals surface area contributed by atoms with Gasteiger partial charge in [-0.05, 0) is 35.6 Å². The topological polar surface area (TPSA) is 40.4 Å². The van der Waals surface area contributed by atoms with Gasteiger partial charge in [0.25, 0.3) is 0 Å². The Morgan fingerprint density at radius 3 is 2.52 bits per heavy atom. The number of hydrogen-bond acceptors (Lipinski definition) is 2. The summed E-state index contributed by atoms with van der Waals surface area (Å²) < 4.78 is 42.9. The van der Waals surface area contributed by atoms with Crippen LogP contribution < -0.4 is 20.5 Å². The van der Waals surface area contributed by atoms with Crippen LogP contribution in [0.2, 0.25) is 0 Å². The van der Waals surface area contributed by atoms with E-state index < -0.39 is 17.7 Å². The fraction of sp³-hybridized carbons (Fsp3) is 0.118. The van der Waals surface area contributed by atoms with Crippen LogP contribution in [0.4, 0.5) is 13.2 Å². The van der Waals surface area contributed by atoms with Crippen LogP contribution in [-0.2, 0) is 6.18 Å². The summed E-state index contributed by atoms with van der Waals surface area (Å²) in [6.45, 7) is 0.559. The quantitative estimate of drug-likeness (QED) is 0.628. The first-order chi connectivity index (χ1) is 10.9. The van der Waals surface area contributed by atoms with E-state index in [4.69, 9.17) is 4.74 Å². The summed E-state index contributed by atoms with van der Waals surface area (Å²) in [7, 11) is 0. The van der Waals surface area contributed by atoms with Gasteiger partial charge in [0.05, 0.1) is 17.7 Å². The lowest BCUT2D eigenvalue weighted by Crippen LogP contribution is -2.32. The summed E-state index contributed by atoms with van der Waals surface area (Å²) in [6, 6.07) is 9.13. The van der Waals surface area contributed by atoms with E-state index in [2.05, 4.69) is 5.32 Å². The highest BCUT2D eigenvalue weighted by Gasteiger charge is 2.30. The van der Waals surface area contributed by atoms with E-state index in [1.165, 1.54) is 0 Å². The third-order valence-corrected chi connectivity index (χ3v) is 3.39. The molecule has 0 fully saturated rings. The van der Waals surface area contributed by atoms with Crippen LogP contribution in [0.15, 0.2) is 42.5 Å². The molecule has 0 aliphatic carbocycles. The van der Waals surface area contributed by atoms with Crippen LogP contribution in [-0.4, -0.2) is 12.5 Å². The number of halogens is 3. The number of esters is 1. The molecule has 3 nitrogen and oxygen atoms in total. The van der Waals surface area contributed by atoms with Gasteiger partial charge in [-0.1, -0.05) is 18.2 Å². The molecule has 2 aromatic rings. The smallest absolute Gasteiger partial charge is 0.416 e. The van der Waals surface area contributed by atoms with Crippen molar-refractivity contribution >= 4 is 18.2 Å². The summed E-state index contributed by atoms with van der Waals surface area (Å²) >= 11 is 0. The number of benzene rings is 2. The highest BCUT2D eigenvalue weighted by Crippen LogP contribution is 2.29. The minimum absolute atomic E-state index is 0.0485. The van der Waals surface area contributed by atoms with E-state index in [9.17, 15) is 18.0 Å². The highest BCUT2D eigenvalue weighted by atomic mass is 19.4. The number of rotatable bonds is 2. The van der Waals surface area contributed by atoms with Crippen molar-refractivity contribution in [2.24, 2.45) is 0 Å². The zero-order valence-corrected chi connectivity index (χ0v) is 11.8. The Balaban J connectivity index is 1.86. The lowest BCUT2D eigenvalue weighted by molar-refractivity contribution is -0.137. The second-order valence-electron chi connectivity index (χ2n) is 4.92. The Kier molecular flexibility index (Phi) is 3.82. The van der Waals surface area contributed by atoms with Gasteiger partial charge < -0.3 is 4.74 Å². The van der Waals surface area contributed by atoms with Crippen LogP contribution in [0.3, 0.4) is 0 Å².